The van der Waals surface area contributed by atoms with Crippen LogP contribution in [0.25, 0.3) is 0 Å². The molecule has 4 rings (SSSR count). The number of hydrogen-bond acceptors (Lipinski definition) is 7. The van der Waals surface area contributed by atoms with Crippen molar-refractivity contribution in [2.45, 2.75) is 25.1 Å². The molecule has 0 fully saturated rings. The van der Waals surface area contributed by atoms with Crippen molar-refractivity contribution < 1.29 is 9.59 Å². The van der Waals surface area contributed by atoms with Crippen LogP contribution in [0.2, 0.25) is 0 Å². The van der Waals surface area contributed by atoms with Crippen molar-refractivity contribution in [3.8, 4) is 0 Å². The van der Waals surface area contributed by atoms with Crippen LogP contribution < -0.4 is 9.91 Å². The summed E-state index contributed by atoms with van der Waals surface area (Å²) in [5.74, 6) is -0.102. The van der Waals surface area contributed by atoms with Gasteiger partial charge in [-0.1, -0.05) is 45.9 Å². The summed E-state index contributed by atoms with van der Waals surface area (Å²) in [5, 5.41) is 6.94. The minimum atomic E-state index is -0.832. The number of benzene rings is 2. The fraction of sp³-hybridized carbons (Fsp3) is 0.190. The zero-order valence-electron chi connectivity index (χ0n) is 16.0. The number of thioether (sulfide) groups is 2. The van der Waals surface area contributed by atoms with Crippen molar-refractivity contribution in [1.82, 2.24) is 0 Å². The zero-order valence-corrected chi connectivity index (χ0v) is 19.3. The van der Waals surface area contributed by atoms with Crippen LogP contribution in [0.3, 0.4) is 0 Å². The van der Waals surface area contributed by atoms with Gasteiger partial charge in [-0.15, -0.1) is 0 Å². The van der Waals surface area contributed by atoms with Crippen LogP contribution in [0.15, 0.2) is 74.8 Å². The van der Waals surface area contributed by atoms with Gasteiger partial charge in [0, 0.05) is 22.8 Å². The first-order valence-corrected chi connectivity index (χ1v) is 11.4. The summed E-state index contributed by atoms with van der Waals surface area (Å²) in [4.78, 5) is 27.5. The summed E-state index contributed by atoms with van der Waals surface area (Å²) in [6.07, 6.45) is 0. The lowest BCUT2D eigenvalue weighted by molar-refractivity contribution is -0.113. The zero-order chi connectivity index (χ0) is 20.8. The molecule has 2 aromatic carbocycles. The highest BCUT2D eigenvalue weighted by Gasteiger charge is 2.57. The highest BCUT2D eigenvalue weighted by Crippen LogP contribution is 2.60. The second-order valence-corrected chi connectivity index (χ2v) is 10.2. The number of carbonyl (C=O) groups excluding carboxylic acids is 2. The van der Waals surface area contributed by atoms with E-state index in [-0.39, 0.29) is 11.6 Å². The van der Waals surface area contributed by atoms with Gasteiger partial charge in [0.1, 0.15) is 0 Å². The standard InChI is InChI=1S/C21H18BrN3O2S2/c1-13-19(14(2)26)28-21(24(13)17-7-5-4-6-8-17)25(23-20(29-21)15(3)27)18-11-9-16(22)10-12-18/h4-12H,1-3H3/t21-/m0/s1. The molecule has 1 spiro atoms. The molecule has 0 unspecified atom stereocenters. The molecule has 0 radical (unpaired) electrons. The summed E-state index contributed by atoms with van der Waals surface area (Å²) in [5.41, 5.74) is 2.62. The third-order valence-corrected chi connectivity index (χ3v) is 8.20. The molecule has 0 saturated heterocycles. The minimum Gasteiger partial charge on any atom is -0.301 e. The molecule has 2 aromatic rings. The quantitative estimate of drug-likeness (QED) is 0.560. The second kappa shape index (κ2) is 7.66. The lowest BCUT2D eigenvalue weighted by Gasteiger charge is -2.41. The van der Waals surface area contributed by atoms with E-state index in [9.17, 15) is 9.59 Å². The average Bonchev–Trinajstić information content (AvgIpc) is 3.22. The first-order chi connectivity index (χ1) is 13.8. The molecule has 1 atom stereocenters. The van der Waals surface area contributed by atoms with Gasteiger partial charge in [0.25, 0.3) is 0 Å². The van der Waals surface area contributed by atoms with E-state index in [0.717, 1.165) is 21.5 Å². The maximum absolute atomic E-state index is 12.4. The maximum atomic E-state index is 12.4. The Kier molecular flexibility index (Phi) is 5.35. The highest BCUT2D eigenvalue weighted by molar-refractivity contribution is 9.10. The van der Waals surface area contributed by atoms with Gasteiger partial charge in [-0.3, -0.25) is 9.59 Å². The van der Waals surface area contributed by atoms with Gasteiger partial charge in [-0.2, -0.15) is 5.10 Å². The predicted molar refractivity (Wildman–Crippen MR) is 125 cm³/mol. The monoisotopic (exact) mass is 487 g/mol. The topological polar surface area (TPSA) is 53.0 Å². The molecule has 29 heavy (non-hydrogen) atoms. The van der Waals surface area contributed by atoms with E-state index in [1.165, 1.54) is 30.4 Å². The van der Waals surface area contributed by atoms with Crippen molar-refractivity contribution in [2.24, 2.45) is 5.10 Å². The van der Waals surface area contributed by atoms with Crippen molar-refractivity contribution >= 4 is 67.4 Å². The number of halogens is 1. The first kappa shape index (κ1) is 20.3. The van der Waals surface area contributed by atoms with Crippen molar-refractivity contribution in [1.29, 1.82) is 0 Å². The van der Waals surface area contributed by atoms with Crippen LogP contribution in [0.5, 0.6) is 0 Å². The maximum Gasteiger partial charge on any atom is 0.245 e. The Morgan fingerprint density at radius 2 is 1.59 bits per heavy atom. The van der Waals surface area contributed by atoms with Crippen LogP contribution in [-0.4, -0.2) is 20.9 Å². The van der Waals surface area contributed by atoms with E-state index >= 15 is 0 Å². The molecule has 0 N–H and O–H groups in total. The molecule has 2 aliphatic rings. The molecule has 0 bridgehead atoms. The Morgan fingerprint density at radius 3 is 2.17 bits per heavy atom. The summed E-state index contributed by atoms with van der Waals surface area (Å²) in [7, 11) is 0. The van der Waals surface area contributed by atoms with Crippen LogP contribution in [0.1, 0.15) is 20.8 Å². The Labute approximate surface area is 186 Å². The minimum absolute atomic E-state index is 0.00191. The van der Waals surface area contributed by atoms with Crippen molar-refractivity contribution in [2.75, 3.05) is 9.91 Å². The highest BCUT2D eigenvalue weighted by atomic mass is 79.9. The number of ketones is 2. The lowest BCUT2D eigenvalue weighted by atomic mass is 10.2. The molecule has 0 aromatic heterocycles. The summed E-state index contributed by atoms with van der Waals surface area (Å²) in [6.45, 7) is 5.03. The van der Waals surface area contributed by atoms with Crippen LogP contribution in [-0.2, 0) is 9.59 Å². The smallest absolute Gasteiger partial charge is 0.245 e. The number of Topliss-reactive ketones (excluding diaryl/α,β-unsaturated/α-hetero) is 2. The molecule has 2 aliphatic heterocycles. The molecule has 148 valence electrons. The van der Waals surface area contributed by atoms with Gasteiger partial charge in [-0.25, -0.2) is 5.01 Å². The molecule has 0 aliphatic carbocycles. The first-order valence-electron chi connectivity index (χ1n) is 8.94. The molecule has 0 amide bonds. The van der Waals surface area contributed by atoms with E-state index in [1.54, 1.807) is 6.92 Å². The van der Waals surface area contributed by atoms with Crippen molar-refractivity contribution in [3.05, 3.63) is 69.7 Å². The summed E-state index contributed by atoms with van der Waals surface area (Å²) < 4.78 is 0.122. The Bertz CT molecular complexity index is 1050. The third-order valence-electron chi connectivity index (χ3n) is 4.58. The second-order valence-electron chi connectivity index (χ2n) is 6.64. The van der Waals surface area contributed by atoms with Crippen molar-refractivity contribution in [3.63, 3.8) is 0 Å². The van der Waals surface area contributed by atoms with Crippen LogP contribution in [0, 0.1) is 0 Å². The fourth-order valence-electron chi connectivity index (χ4n) is 3.32. The average molecular weight is 488 g/mol. The number of hydrazone groups is 1. The molecule has 2 heterocycles. The SMILES string of the molecule is CC(=O)C1=NN(c2ccc(Br)cc2)[C@]2(S1)SC(C(C)=O)=C(C)N2c1ccccc1. The van der Waals surface area contributed by atoms with E-state index in [4.69, 9.17) is 0 Å². The molecule has 8 heteroatoms. The number of hydrogen-bond donors (Lipinski definition) is 0. The Balaban J connectivity index is 1.91. The van der Waals surface area contributed by atoms with Gasteiger partial charge >= 0.3 is 0 Å². The number of anilines is 2. The largest absolute Gasteiger partial charge is 0.301 e. The summed E-state index contributed by atoms with van der Waals surface area (Å²) >= 11 is 6.28. The number of allylic oxidation sites excluding steroid dienone is 2. The predicted octanol–water partition coefficient (Wildman–Crippen LogP) is 5.59. The van der Waals surface area contributed by atoms with E-state index in [1.807, 2.05) is 66.5 Å². The number of para-hydroxylation sites is 1. The molecular formula is C21H18BrN3O2S2. The number of carbonyl (C=O) groups is 2. The Hall–Kier alpha value is -2.03. The van der Waals surface area contributed by atoms with Gasteiger partial charge in [0.15, 0.2) is 16.6 Å². The summed E-state index contributed by atoms with van der Waals surface area (Å²) in [6, 6.07) is 17.7. The normalized spacial score (nSPS) is 21.2. The van der Waals surface area contributed by atoms with Crippen LogP contribution in [0.4, 0.5) is 11.4 Å². The van der Waals surface area contributed by atoms with E-state index < -0.39 is 4.33 Å². The van der Waals surface area contributed by atoms with Gasteiger partial charge < -0.3 is 4.90 Å². The van der Waals surface area contributed by atoms with Gasteiger partial charge in [0.2, 0.25) is 4.33 Å². The Morgan fingerprint density at radius 1 is 0.931 bits per heavy atom. The molecule has 0 saturated carbocycles. The molecule has 5 nitrogen and oxygen atoms in total. The lowest BCUT2D eigenvalue weighted by Crippen LogP contribution is -2.49. The third kappa shape index (κ3) is 3.43. The van der Waals surface area contributed by atoms with Gasteiger partial charge in [-0.05, 0) is 62.0 Å². The number of rotatable bonds is 4. The molecular weight excluding hydrogens is 470 g/mol. The van der Waals surface area contributed by atoms with E-state index in [0.29, 0.717) is 9.95 Å². The van der Waals surface area contributed by atoms with Gasteiger partial charge in [0.05, 0.1) is 10.6 Å². The fourth-order valence-corrected chi connectivity index (χ4v) is 6.54. The van der Waals surface area contributed by atoms with E-state index in [2.05, 4.69) is 25.9 Å². The van der Waals surface area contributed by atoms with Crippen LogP contribution >= 0.6 is 39.5 Å². The number of nitrogens with zero attached hydrogens (tertiary/aromatic N) is 3.